The Morgan fingerprint density at radius 3 is 2.75 bits per heavy atom. The molecule has 3 aromatic heterocycles. The second kappa shape index (κ2) is 11.8. The van der Waals surface area contributed by atoms with E-state index in [1.54, 1.807) is 19.2 Å². The number of hydrogen-bond donors (Lipinski definition) is 1. The molecule has 0 radical (unpaired) electrons. The summed E-state index contributed by atoms with van der Waals surface area (Å²) in [5.74, 6) is -2.18. The van der Waals surface area contributed by atoms with E-state index in [-0.39, 0.29) is 18.1 Å². The predicted octanol–water partition coefficient (Wildman–Crippen LogP) is 5.92. The summed E-state index contributed by atoms with van der Waals surface area (Å²) in [5.41, 5.74) is 3.46. The number of aromatic nitrogens is 4. The van der Waals surface area contributed by atoms with Crippen molar-refractivity contribution in [2.75, 3.05) is 18.0 Å². The molecule has 2 aliphatic rings. The predicted molar refractivity (Wildman–Crippen MR) is 159 cm³/mol. The Balaban J connectivity index is 1.37. The number of alkyl halides is 3. The Morgan fingerprint density at radius 1 is 1.20 bits per heavy atom. The molecule has 2 aliphatic heterocycles. The molecule has 0 saturated carbocycles. The van der Waals surface area contributed by atoms with E-state index in [1.165, 1.54) is 12.3 Å². The van der Waals surface area contributed by atoms with Gasteiger partial charge in [-0.05, 0) is 67.0 Å². The summed E-state index contributed by atoms with van der Waals surface area (Å²) < 4.78 is 57.2. The van der Waals surface area contributed by atoms with Crippen LogP contribution in [0.15, 0.2) is 47.6 Å². The van der Waals surface area contributed by atoms with E-state index in [9.17, 15) is 27.6 Å². The molecule has 1 fully saturated rings. The van der Waals surface area contributed by atoms with Crippen LogP contribution in [-0.4, -0.2) is 58.6 Å². The number of hydrogen-bond acceptors (Lipinski definition) is 7. The summed E-state index contributed by atoms with van der Waals surface area (Å²) in [6, 6.07) is 8.99. The van der Waals surface area contributed by atoms with Crippen molar-refractivity contribution in [2.45, 2.75) is 69.1 Å². The number of carbonyl (C=O) groups is 1. The average molecular weight is 647 g/mol. The number of benzene rings is 1. The van der Waals surface area contributed by atoms with Crippen LogP contribution in [0.4, 0.5) is 19.0 Å². The molecule has 1 saturated heterocycles. The second-order valence-electron chi connectivity index (χ2n) is 11.3. The smallest absolute Gasteiger partial charge is 0.452 e. The first-order valence-electron chi connectivity index (χ1n) is 14.2. The summed E-state index contributed by atoms with van der Waals surface area (Å²) >= 11 is 4.73. The number of fused-ring (bicyclic) bond motifs is 4. The van der Waals surface area contributed by atoms with E-state index < -0.39 is 35.2 Å². The van der Waals surface area contributed by atoms with Gasteiger partial charge in [0.15, 0.2) is 11.5 Å². The fourth-order valence-electron chi connectivity index (χ4n) is 6.31. The van der Waals surface area contributed by atoms with Gasteiger partial charge in [-0.25, -0.2) is 4.98 Å². The molecular formula is C30H30ClF3N6O3S. The van der Waals surface area contributed by atoms with E-state index >= 15 is 0 Å². The highest BCUT2D eigenvalue weighted by Crippen LogP contribution is 2.38. The van der Waals surface area contributed by atoms with Crippen LogP contribution in [-0.2, 0) is 28.9 Å². The number of rotatable bonds is 6. The standard InChI is InChI=1S/C30H30ClF3N6O3S/c1-17-6-7-19(24(13-26(41)42)23-8-10-40-27(18(23)2)36-37-29(40)30(32,33)34)11-20(17)15-38-16-22-5-3-4-9-39(22)28-25(44(38)43)12-21(31)14-35-28/h6-8,10-12,14,22,24H,3-5,9,13,15-16H2,1-2H3,(H,41,42). The third kappa shape index (κ3) is 5.73. The molecule has 9 nitrogen and oxygen atoms in total. The lowest BCUT2D eigenvalue weighted by Gasteiger charge is -2.35. The molecule has 1 aromatic carbocycles. The van der Waals surface area contributed by atoms with Crippen LogP contribution >= 0.6 is 11.6 Å². The van der Waals surface area contributed by atoms with Crippen LogP contribution < -0.4 is 4.90 Å². The van der Waals surface area contributed by atoms with Crippen LogP contribution in [0.3, 0.4) is 0 Å². The second-order valence-corrected chi connectivity index (χ2v) is 13.2. The van der Waals surface area contributed by atoms with E-state index in [0.717, 1.165) is 41.3 Å². The summed E-state index contributed by atoms with van der Waals surface area (Å²) in [6.45, 7) is 5.27. The molecule has 6 rings (SSSR count). The fraction of sp³-hybridized carbons (Fsp3) is 0.400. The zero-order chi connectivity index (χ0) is 31.3. The lowest BCUT2D eigenvalue weighted by atomic mass is 9.85. The van der Waals surface area contributed by atoms with Gasteiger partial charge in [-0.3, -0.25) is 9.20 Å². The molecule has 3 unspecified atom stereocenters. The quantitative estimate of drug-likeness (QED) is 0.257. The van der Waals surface area contributed by atoms with Crippen molar-refractivity contribution in [3.63, 3.8) is 0 Å². The van der Waals surface area contributed by atoms with Gasteiger partial charge in [-0.15, -0.1) is 14.5 Å². The zero-order valence-corrected chi connectivity index (χ0v) is 25.6. The monoisotopic (exact) mass is 646 g/mol. The minimum Gasteiger partial charge on any atom is -0.593 e. The van der Waals surface area contributed by atoms with Gasteiger partial charge in [0.1, 0.15) is 0 Å². The molecule has 232 valence electrons. The lowest BCUT2D eigenvalue weighted by Crippen LogP contribution is -2.45. The Labute approximate surface area is 260 Å². The van der Waals surface area contributed by atoms with E-state index in [2.05, 4.69) is 20.1 Å². The number of nitrogens with zero attached hydrogens (tertiary/aromatic N) is 6. The highest BCUT2D eigenvalue weighted by atomic mass is 35.5. The van der Waals surface area contributed by atoms with Gasteiger partial charge in [0.25, 0.3) is 0 Å². The van der Waals surface area contributed by atoms with Crippen molar-refractivity contribution in [1.82, 2.24) is 23.9 Å². The summed E-state index contributed by atoms with van der Waals surface area (Å²) in [4.78, 5) is 19.4. The Morgan fingerprint density at radius 2 is 2.00 bits per heavy atom. The van der Waals surface area contributed by atoms with Gasteiger partial charge >= 0.3 is 12.1 Å². The highest BCUT2D eigenvalue weighted by Gasteiger charge is 2.40. The van der Waals surface area contributed by atoms with Crippen molar-refractivity contribution in [3.05, 3.63) is 81.4 Å². The molecule has 44 heavy (non-hydrogen) atoms. The van der Waals surface area contributed by atoms with Gasteiger partial charge in [-0.2, -0.15) is 13.2 Å². The summed E-state index contributed by atoms with van der Waals surface area (Å²) in [6.07, 6.45) is 0.868. The minimum absolute atomic E-state index is 0.0143. The molecular weight excluding hydrogens is 617 g/mol. The molecule has 0 aliphatic carbocycles. The lowest BCUT2D eigenvalue weighted by molar-refractivity contribution is -0.145. The van der Waals surface area contributed by atoms with Gasteiger partial charge in [-0.1, -0.05) is 29.8 Å². The molecule has 0 spiro atoms. The maximum atomic E-state index is 14.0. The Bertz CT molecular complexity index is 1730. The topological polar surface area (TPSA) is 110 Å². The fourth-order valence-corrected chi connectivity index (χ4v) is 7.93. The normalized spacial score (nSPS) is 19.8. The first-order chi connectivity index (χ1) is 20.9. The summed E-state index contributed by atoms with van der Waals surface area (Å²) in [5, 5.41) is 17.4. The SMILES string of the molecule is Cc1ccc(C(CC(=O)O)c2ccn3c(C(F)(F)F)nnc3c2C)cc1CN1CC2CCCCN2c2ncc(Cl)cc2[S+]1[O-]. The molecule has 0 bridgehead atoms. The van der Waals surface area contributed by atoms with Crippen molar-refractivity contribution in [2.24, 2.45) is 0 Å². The van der Waals surface area contributed by atoms with Crippen LogP contribution in [0, 0.1) is 13.8 Å². The molecule has 4 aromatic rings. The number of aryl methyl sites for hydroxylation is 2. The third-order valence-electron chi connectivity index (χ3n) is 8.53. The molecule has 14 heteroatoms. The van der Waals surface area contributed by atoms with Crippen molar-refractivity contribution in [1.29, 1.82) is 0 Å². The van der Waals surface area contributed by atoms with Gasteiger partial charge in [0.05, 0.1) is 35.9 Å². The molecule has 5 heterocycles. The molecule has 1 N–H and O–H groups in total. The van der Waals surface area contributed by atoms with Gasteiger partial charge < -0.3 is 14.6 Å². The number of carboxylic acid groups (broad SMARTS) is 1. The Kier molecular flexibility index (Phi) is 8.24. The number of piperidine rings is 1. The van der Waals surface area contributed by atoms with E-state index in [4.69, 9.17) is 11.6 Å². The molecule has 3 atom stereocenters. The van der Waals surface area contributed by atoms with Crippen LogP contribution in [0.25, 0.3) is 5.65 Å². The third-order valence-corrected chi connectivity index (χ3v) is 10.2. The largest absolute Gasteiger partial charge is 0.593 e. The van der Waals surface area contributed by atoms with Crippen LogP contribution in [0.2, 0.25) is 5.02 Å². The maximum absolute atomic E-state index is 14.0. The summed E-state index contributed by atoms with van der Waals surface area (Å²) in [7, 11) is 0. The zero-order valence-electron chi connectivity index (χ0n) is 24.0. The van der Waals surface area contributed by atoms with Crippen molar-refractivity contribution < 1.29 is 27.6 Å². The number of anilines is 1. The highest BCUT2D eigenvalue weighted by molar-refractivity contribution is 7.89. The van der Waals surface area contributed by atoms with Crippen LogP contribution in [0.1, 0.15) is 65.2 Å². The first-order valence-corrected chi connectivity index (χ1v) is 15.7. The first kappa shape index (κ1) is 30.6. The van der Waals surface area contributed by atoms with Gasteiger partial charge in [0.2, 0.25) is 10.7 Å². The maximum Gasteiger partial charge on any atom is 0.452 e. The van der Waals surface area contributed by atoms with Crippen molar-refractivity contribution in [3.8, 4) is 0 Å². The molecule has 0 amide bonds. The Hall–Kier alpha value is -3.39. The number of halogens is 4. The van der Waals surface area contributed by atoms with E-state index in [1.807, 2.05) is 29.4 Å². The van der Waals surface area contributed by atoms with Crippen molar-refractivity contribution >= 4 is 40.4 Å². The average Bonchev–Trinajstić information content (AvgIpc) is 3.39. The minimum atomic E-state index is -4.69. The van der Waals surface area contributed by atoms with E-state index in [0.29, 0.717) is 45.5 Å². The number of carboxylic acids is 1. The van der Waals surface area contributed by atoms with Crippen LogP contribution in [0.5, 0.6) is 0 Å². The number of aliphatic carboxylic acids is 1. The van der Waals surface area contributed by atoms with Gasteiger partial charge in [0, 0.05) is 37.0 Å². The number of pyridine rings is 2.